The van der Waals surface area contributed by atoms with E-state index in [1.165, 1.54) is 0 Å². The van der Waals surface area contributed by atoms with Crippen LogP contribution in [-0.2, 0) is 4.74 Å². The third-order valence-corrected chi connectivity index (χ3v) is 4.91. The number of anilines is 1. The molecule has 0 aliphatic heterocycles. The lowest BCUT2D eigenvalue weighted by Gasteiger charge is -2.34. The van der Waals surface area contributed by atoms with Crippen molar-refractivity contribution in [3.63, 3.8) is 0 Å². The molecule has 4 heterocycles. The van der Waals surface area contributed by atoms with Crippen LogP contribution in [0.1, 0.15) is 12.8 Å². The number of nitrogens with one attached hydrogen (secondary N) is 1. The smallest absolute Gasteiger partial charge is 0.241 e. The van der Waals surface area contributed by atoms with E-state index in [-0.39, 0.29) is 0 Å². The topological polar surface area (TPSA) is 77.2 Å². The van der Waals surface area contributed by atoms with Crippen LogP contribution < -0.4 is 5.32 Å². The Morgan fingerprint density at radius 3 is 2.92 bits per heavy atom. The maximum atomic E-state index is 5.31. The van der Waals surface area contributed by atoms with Gasteiger partial charge in [-0.15, -0.1) is 5.10 Å². The summed E-state index contributed by atoms with van der Waals surface area (Å²) in [7, 11) is 1.75. The van der Waals surface area contributed by atoms with Crippen LogP contribution in [0.15, 0.2) is 48.9 Å². The molecular weight excluding hydrogens is 328 g/mol. The van der Waals surface area contributed by atoms with Crippen molar-refractivity contribution < 1.29 is 4.74 Å². The molecule has 0 atom stereocenters. The Labute approximate surface area is 150 Å². The average molecular weight is 346 g/mol. The van der Waals surface area contributed by atoms with Gasteiger partial charge in [-0.25, -0.2) is 14.5 Å². The van der Waals surface area contributed by atoms with Gasteiger partial charge in [-0.05, 0) is 43.2 Å². The SMILES string of the molecule is CO[C@H]1C[C@H](Nc2ncc3c(-c4ccc5ncccc5n4)ccn3n2)C1. The Balaban J connectivity index is 1.45. The molecule has 4 aromatic rings. The maximum absolute atomic E-state index is 5.31. The number of fused-ring (bicyclic) bond motifs is 2. The highest BCUT2D eigenvalue weighted by atomic mass is 16.5. The largest absolute Gasteiger partial charge is 0.381 e. The van der Waals surface area contributed by atoms with E-state index in [1.54, 1.807) is 13.3 Å². The van der Waals surface area contributed by atoms with Gasteiger partial charge in [-0.2, -0.15) is 0 Å². The normalized spacial score (nSPS) is 19.6. The number of hydrogen-bond donors (Lipinski definition) is 1. The number of pyridine rings is 2. The van der Waals surface area contributed by atoms with Crippen molar-refractivity contribution >= 4 is 22.5 Å². The van der Waals surface area contributed by atoms with E-state index in [0.717, 1.165) is 40.6 Å². The van der Waals surface area contributed by atoms with Gasteiger partial charge in [-0.3, -0.25) is 4.98 Å². The van der Waals surface area contributed by atoms with E-state index in [0.29, 0.717) is 18.1 Å². The van der Waals surface area contributed by atoms with Crippen molar-refractivity contribution in [2.45, 2.75) is 25.0 Å². The molecule has 1 N–H and O–H groups in total. The lowest BCUT2D eigenvalue weighted by Crippen LogP contribution is -2.40. The number of aromatic nitrogens is 5. The molecule has 26 heavy (non-hydrogen) atoms. The Bertz CT molecular complexity index is 1090. The summed E-state index contributed by atoms with van der Waals surface area (Å²) in [5, 5.41) is 7.93. The zero-order valence-corrected chi connectivity index (χ0v) is 14.3. The highest BCUT2D eigenvalue weighted by Gasteiger charge is 2.29. The van der Waals surface area contributed by atoms with Crippen molar-refractivity contribution in [1.29, 1.82) is 0 Å². The number of rotatable bonds is 4. The zero-order chi connectivity index (χ0) is 17.5. The fraction of sp³-hybridized carbons (Fsp3) is 0.263. The minimum absolute atomic E-state index is 0.350. The molecule has 4 aromatic heterocycles. The van der Waals surface area contributed by atoms with Crippen LogP contribution in [-0.4, -0.2) is 43.8 Å². The number of hydrogen-bond acceptors (Lipinski definition) is 6. The van der Waals surface area contributed by atoms with E-state index < -0.39 is 0 Å². The molecular formula is C19H18N6O. The molecule has 0 aromatic carbocycles. The zero-order valence-electron chi connectivity index (χ0n) is 14.3. The summed E-state index contributed by atoms with van der Waals surface area (Å²) >= 11 is 0. The van der Waals surface area contributed by atoms with Crippen molar-refractivity contribution in [2.75, 3.05) is 12.4 Å². The Hall–Kier alpha value is -3.06. The Morgan fingerprint density at radius 2 is 2.04 bits per heavy atom. The highest BCUT2D eigenvalue weighted by molar-refractivity contribution is 5.83. The van der Waals surface area contributed by atoms with Crippen molar-refractivity contribution in [1.82, 2.24) is 24.6 Å². The van der Waals surface area contributed by atoms with Crippen molar-refractivity contribution in [3.05, 3.63) is 48.9 Å². The van der Waals surface area contributed by atoms with Gasteiger partial charge in [0.1, 0.15) is 0 Å². The van der Waals surface area contributed by atoms with Crippen LogP contribution in [0.2, 0.25) is 0 Å². The van der Waals surface area contributed by atoms with Gasteiger partial charge < -0.3 is 10.1 Å². The predicted octanol–water partition coefficient (Wildman–Crippen LogP) is 2.93. The summed E-state index contributed by atoms with van der Waals surface area (Å²) in [5.74, 6) is 0.634. The Kier molecular flexibility index (Phi) is 3.53. The maximum Gasteiger partial charge on any atom is 0.241 e. The fourth-order valence-corrected chi connectivity index (χ4v) is 3.35. The summed E-state index contributed by atoms with van der Waals surface area (Å²) in [5.41, 5.74) is 4.58. The first-order valence-corrected chi connectivity index (χ1v) is 8.66. The molecule has 7 heteroatoms. The number of methoxy groups -OCH3 is 1. The first kappa shape index (κ1) is 15.2. The molecule has 0 spiro atoms. The van der Waals surface area contributed by atoms with E-state index >= 15 is 0 Å². The molecule has 5 rings (SSSR count). The summed E-state index contributed by atoms with van der Waals surface area (Å²) in [4.78, 5) is 13.5. The minimum Gasteiger partial charge on any atom is -0.381 e. The molecule has 1 aliphatic rings. The highest BCUT2D eigenvalue weighted by Crippen LogP contribution is 2.27. The van der Waals surface area contributed by atoms with Crippen LogP contribution in [0.4, 0.5) is 5.95 Å². The lowest BCUT2D eigenvalue weighted by atomic mass is 9.89. The van der Waals surface area contributed by atoms with Crippen LogP contribution in [0.5, 0.6) is 0 Å². The molecule has 0 unspecified atom stereocenters. The van der Waals surface area contributed by atoms with Crippen LogP contribution >= 0.6 is 0 Å². The lowest BCUT2D eigenvalue weighted by molar-refractivity contribution is 0.0326. The second-order valence-corrected chi connectivity index (χ2v) is 6.55. The third-order valence-electron chi connectivity index (χ3n) is 4.91. The molecule has 0 radical (unpaired) electrons. The van der Waals surface area contributed by atoms with Crippen LogP contribution in [0, 0.1) is 0 Å². The minimum atomic E-state index is 0.350. The number of nitrogens with zero attached hydrogens (tertiary/aromatic N) is 5. The molecule has 7 nitrogen and oxygen atoms in total. The summed E-state index contributed by atoms with van der Waals surface area (Å²) in [6.45, 7) is 0. The fourth-order valence-electron chi connectivity index (χ4n) is 3.35. The Morgan fingerprint density at radius 1 is 1.12 bits per heavy atom. The summed E-state index contributed by atoms with van der Waals surface area (Å²) in [6, 6.07) is 10.2. The molecule has 0 saturated heterocycles. The van der Waals surface area contributed by atoms with Gasteiger partial charge in [0.25, 0.3) is 0 Å². The molecule has 1 aliphatic carbocycles. The predicted molar refractivity (Wildman–Crippen MR) is 99.0 cm³/mol. The standard InChI is InChI=1S/C19H18N6O/c1-26-13-9-12(10-13)22-19-21-11-18-14(6-8-25(18)24-19)15-4-5-16-17(23-15)3-2-7-20-16/h2-8,11-13H,9-10H2,1H3,(H,22,24)/t12-,13-. The first-order valence-electron chi connectivity index (χ1n) is 8.66. The van der Waals surface area contributed by atoms with Crippen molar-refractivity contribution in [2.24, 2.45) is 0 Å². The molecule has 1 saturated carbocycles. The van der Waals surface area contributed by atoms with Gasteiger partial charge in [0.15, 0.2) is 0 Å². The monoisotopic (exact) mass is 346 g/mol. The van der Waals surface area contributed by atoms with E-state index in [4.69, 9.17) is 9.72 Å². The summed E-state index contributed by atoms with van der Waals surface area (Å²) < 4.78 is 7.15. The van der Waals surface area contributed by atoms with Gasteiger partial charge in [0.05, 0.1) is 34.5 Å². The third kappa shape index (κ3) is 2.57. The van der Waals surface area contributed by atoms with Gasteiger partial charge in [0.2, 0.25) is 5.95 Å². The van der Waals surface area contributed by atoms with Crippen molar-refractivity contribution in [3.8, 4) is 11.3 Å². The second kappa shape index (κ2) is 6.03. The molecule has 130 valence electrons. The van der Waals surface area contributed by atoms with Gasteiger partial charge in [0, 0.05) is 31.1 Å². The summed E-state index contributed by atoms with van der Waals surface area (Å²) in [6.07, 6.45) is 7.88. The van der Waals surface area contributed by atoms with Crippen LogP contribution in [0.25, 0.3) is 27.8 Å². The molecule has 0 amide bonds. The number of ether oxygens (including phenoxy) is 1. The van der Waals surface area contributed by atoms with Crippen LogP contribution in [0.3, 0.4) is 0 Å². The van der Waals surface area contributed by atoms with E-state index in [9.17, 15) is 0 Å². The molecule has 0 bridgehead atoms. The van der Waals surface area contributed by atoms with Gasteiger partial charge in [-0.1, -0.05) is 0 Å². The van der Waals surface area contributed by atoms with E-state index in [1.807, 2.05) is 47.2 Å². The van der Waals surface area contributed by atoms with E-state index in [2.05, 4.69) is 20.4 Å². The quantitative estimate of drug-likeness (QED) is 0.612. The molecule has 1 fully saturated rings. The second-order valence-electron chi connectivity index (χ2n) is 6.55. The first-order chi connectivity index (χ1) is 12.8. The van der Waals surface area contributed by atoms with Gasteiger partial charge >= 0.3 is 0 Å². The average Bonchev–Trinajstić information content (AvgIpc) is 3.07.